The quantitative estimate of drug-likeness (QED) is 0.773. The van der Waals surface area contributed by atoms with Crippen LogP contribution in [0.1, 0.15) is 46.5 Å². The van der Waals surface area contributed by atoms with Crippen molar-refractivity contribution in [1.82, 2.24) is 10.2 Å². The summed E-state index contributed by atoms with van der Waals surface area (Å²) < 4.78 is 26.2. The molecule has 28 heavy (non-hydrogen) atoms. The number of nitrogens with one attached hydrogen (secondary N) is 2. The molecule has 0 bridgehead atoms. The molecule has 0 radical (unpaired) electrons. The van der Waals surface area contributed by atoms with E-state index in [4.69, 9.17) is 0 Å². The van der Waals surface area contributed by atoms with Crippen LogP contribution in [0.2, 0.25) is 0 Å². The topological polar surface area (TPSA) is 78.5 Å². The maximum absolute atomic E-state index is 13.3. The zero-order chi connectivity index (χ0) is 20.7. The van der Waals surface area contributed by atoms with Gasteiger partial charge >= 0.3 is 6.03 Å². The molecule has 4 amide bonds. The first-order chi connectivity index (χ1) is 13.0. The van der Waals surface area contributed by atoms with Crippen molar-refractivity contribution >= 4 is 23.5 Å². The Kier molecular flexibility index (Phi) is 5.16. The highest BCUT2D eigenvalue weighted by molar-refractivity contribution is 6.10. The summed E-state index contributed by atoms with van der Waals surface area (Å²) in [6.45, 7) is 6.02. The van der Waals surface area contributed by atoms with E-state index in [0.717, 1.165) is 29.9 Å². The Labute approximate surface area is 162 Å². The number of hydrogen-bond acceptors (Lipinski definition) is 3. The molecule has 3 rings (SSSR count). The Morgan fingerprint density at radius 1 is 1.21 bits per heavy atom. The molecule has 1 heterocycles. The molecule has 1 aliphatic carbocycles. The number of carbonyl (C=O) groups is 3. The normalized spacial score (nSPS) is 25.2. The molecule has 0 unspecified atom stereocenters. The number of amides is 4. The highest BCUT2D eigenvalue weighted by Gasteiger charge is 2.53. The minimum absolute atomic E-state index is 0.0522. The van der Waals surface area contributed by atoms with E-state index < -0.39 is 41.6 Å². The van der Waals surface area contributed by atoms with Crippen LogP contribution in [-0.4, -0.2) is 34.8 Å². The molecule has 1 saturated heterocycles. The lowest BCUT2D eigenvalue weighted by Gasteiger charge is -2.40. The number of imide groups is 1. The first kappa shape index (κ1) is 20.2. The van der Waals surface area contributed by atoms with E-state index in [1.165, 1.54) is 6.07 Å². The largest absolute Gasteiger partial charge is 0.325 e. The number of hydrogen-bond donors (Lipinski definition) is 2. The molecular weight excluding hydrogens is 368 g/mol. The van der Waals surface area contributed by atoms with Crippen molar-refractivity contribution in [1.29, 1.82) is 0 Å². The van der Waals surface area contributed by atoms with Gasteiger partial charge < -0.3 is 10.6 Å². The lowest BCUT2D eigenvalue weighted by atomic mass is 9.67. The number of urea groups is 1. The van der Waals surface area contributed by atoms with Crippen molar-refractivity contribution in [2.75, 3.05) is 11.9 Å². The molecule has 0 aromatic heterocycles. The minimum Gasteiger partial charge on any atom is -0.324 e. The van der Waals surface area contributed by atoms with Crippen molar-refractivity contribution in [3.8, 4) is 0 Å². The van der Waals surface area contributed by atoms with Crippen molar-refractivity contribution in [2.24, 2.45) is 11.3 Å². The maximum atomic E-state index is 13.3. The van der Waals surface area contributed by atoms with Crippen LogP contribution < -0.4 is 10.6 Å². The van der Waals surface area contributed by atoms with Gasteiger partial charge in [0.1, 0.15) is 12.1 Å². The number of rotatable bonds is 3. The van der Waals surface area contributed by atoms with Gasteiger partial charge in [-0.15, -0.1) is 0 Å². The lowest BCUT2D eigenvalue weighted by molar-refractivity contribution is -0.135. The van der Waals surface area contributed by atoms with Gasteiger partial charge in [0, 0.05) is 11.8 Å². The average Bonchev–Trinajstić information content (AvgIpc) is 2.82. The van der Waals surface area contributed by atoms with Crippen molar-refractivity contribution < 1.29 is 23.2 Å². The van der Waals surface area contributed by atoms with Gasteiger partial charge in [0.15, 0.2) is 11.6 Å². The number of halogens is 2. The van der Waals surface area contributed by atoms with Crippen LogP contribution in [0.15, 0.2) is 18.2 Å². The Balaban J connectivity index is 1.64. The number of anilines is 1. The first-order valence-electron chi connectivity index (χ1n) is 9.41. The molecule has 2 fully saturated rings. The molecule has 2 N–H and O–H groups in total. The van der Waals surface area contributed by atoms with Crippen molar-refractivity contribution in [3.05, 3.63) is 29.8 Å². The molecule has 1 aliphatic heterocycles. The van der Waals surface area contributed by atoms with Crippen LogP contribution in [0.25, 0.3) is 0 Å². The van der Waals surface area contributed by atoms with Crippen LogP contribution in [0.4, 0.5) is 19.3 Å². The van der Waals surface area contributed by atoms with Gasteiger partial charge in [-0.2, -0.15) is 0 Å². The summed E-state index contributed by atoms with van der Waals surface area (Å²) in [6.07, 6.45) is 2.73. The first-order valence-corrected chi connectivity index (χ1v) is 9.41. The summed E-state index contributed by atoms with van der Waals surface area (Å²) in [5, 5.41) is 5.15. The predicted molar refractivity (Wildman–Crippen MR) is 99.4 cm³/mol. The summed E-state index contributed by atoms with van der Waals surface area (Å²) in [7, 11) is 0. The van der Waals surface area contributed by atoms with E-state index >= 15 is 0 Å². The molecule has 2 aliphatic rings. The smallest absolute Gasteiger partial charge is 0.324 e. The molecule has 1 aromatic rings. The number of carbonyl (C=O) groups excluding carboxylic acids is 3. The highest BCUT2D eigenvalue weighted by atomic mass is 19.2. The molecule has 1 spiro atoms. The summed E-state index contributed by atoms with van der Waals surface area (Å²) in [6, 6.07) is 2.34. The van der Waals surface area contributed by atoms with Crippen LogP contribution in [0.5, 0.6) is 0 Å². The fourth-order valence-electron chi connectivity index (χ4n) is 4.05. The van der Waals surface area contributed by atoms with E-state index in [-0.39, 0.29) is 11.1 Å². The van der Waals surface area contributed by atoms with Crippen LogP contribution in [0, 0.1) is 23.0 Å². The van der Waals surface area contributed by atoms with E-state index in [9.17, 15) is 23.2 Å². The van der Waals surface area contributed by atoms with Gasteiger partial charge in [-0.3, -0.25) is 14.5 Å². The monoisotopic (exact) mass is 393 g/mol. The summed E-state index contributed by atoms with van der Waals surface area (Å²) in [4.78, 5) is 38.3. The number of nitrogens with zero attached hydrogens (tertiary/aromatic N) is 1. The second kappa shape index (κ2) is 7.14. The zero-order valence-corrected chi connectivity index (χ0v) is 16.3. The molecular formula is C20H25F2N3O3. The Morgan fingerprint density at radius 3 is 2.43 bits per heavy atom. The minimum atomic E-state index is -1.10. The van der Waals surface area contributed by atoms with E-state index in [0.29, 0.717) is 18.8 Å². The summed E-state index contributed by atoms with van der Waals surface area (Å²) >= 11 is 0. The van der Waals surface area contributed by atoms with E-state index in [1.807, 2.05) is 0 Å². The fourth-order valence-corrected chi connectivity index (χ4v) is 4.05. The molecule has 1 aromatic carbocycles. The molecule has 8 heteroatoms. The second-order valence-electron chi connectivity index (χ2n) is 8.72. The van der Waals surface area contributed by atoms with Gasteiger partial charge in [0.25, 0.3) is 5.91 Å². The summed E-state index contributed by atoms with van der Waals surface area (Å²) in [5.41, 5.74) is -0.755. The molecule has 152 valence electrons. The van der Waals surface area contributed by atoms with Crippen LogP contribution in [-0.2, 0) is 9.59 Å². The zero-order valence-electron chi connectivity index (χ0n) is 16.3. The third-order valence-electron chi connectivity index (χ3n) is 5.81. The Hall–Kier alpha value is -2.51. The van der Waals surface area contributed by atoms with Gasteiger partial charge in [-0.1, -0.05) is 20.8 Å². The van der Waals surface area contributed by atoms with Crippen LogP contribution in [0.3, 0.4) is 0 Å². The summed E-state index contributed by atoms with van der Waals surface area (Å²) in [5.74, 6) is -2.71. The standard InChI is InChI=1S/C20H25F2N3O3/c1-19(2,3)12-6-8-20(9-7-12)17(27)25(18(28)24-20)11-16(26)23-13-4-5-14(21)15(22)10-13/h4-5,10,12H,6-9,11H2,1-3H3,(H,23,26)(H,24,28). The van der Waals surface area contributed by atoms with Crippen molar-refractivity contribution in [3.63, 3.8) is 0 Å². The van der Waals surface area contributed by atoms with E-state index in [1.54, 1.807) is 0 Å². The Morgan fingerprint density at radius 2 is 1.86 bits per heavy atom. The SMILES string of the molecule is CC(C)(C)C1CCC2(CC1)NC(=O)N(CC(=O)Nc1ccc(F)c(F)c1)C2=O. The van der Waals surface area contributed by atoms with Crippen molar-refractivity contribution in [2.45, 2.75) is 52.0 Å². The van der Waals surface area contributed by atoms with Gasteiger partial charge in [0.05, 0.1) is 0 Å². The van der Waals surface area contributed by atoms with Gasteiger partial charge in [-0.25, -0.2) is 13.6 Å². The van der Waals surface area contributed by atoms with E-state index in [2.05, 4.69) is 31.4 Å². The highest BCUT2D eigenvalue weighted by Crippen LogP contribution is 2.43. The maximum Gasteiger partial charge on any atom is 0.325 e. The van der Waals surface area contributed by atoms with Gasteiger partial charge in [-0.05, 0) is 49.1 Å². The second-order valence-corrected chi connectivity index (χ2v) is 8.72. The molecule has 0 atom stereocenters. The molecule has 6 nitrogen and oxygen atoms in total. The number of benzene rings is 1. The average molecular weight is 393 g/mol. The third-order valence-corrected chi connectivity index (χ3v) is 5.81. The Bertz CT molecular complexity index is 811. The van der Waals surface area contributed by atoms with Gasteiger partial charge in [0.2, 0.25) is 5.91 Å². The third kappa shape index (κ3) is 3.86. The van der Waals surface area contributed by atoms with Crippen LogP contribution >= 0.6 is 0 Å². The predicted octanol–water partition coefficient (Wildman–Crippen LogP) is 3.43. The molecule has 1 saturated carbocycles. The lowest BCUT2D eigenvalue weighted by Crippen LogP contribution is -2.50. The fraction of sp³-hybridized carbons (Fsp3) is 0.550.